The molecule has 0 aromatic rings. The van der Waals surface area contributed by atoms with Crippen molar-refractivity contribution in [3.63, 3.8) is 0 Å². The summed E-state index contributed by atoms with van der Waals surface area (Å²) in [5.41, 5.74) is 0. The van der Waals surface area contributed by atoms with Crippen LogP contribution in [0.4, 0.5) is 0 Å². The van der Waals surface area contributed by atoms with E-state index in [4.69, 9.17) is 4.74 Å². The minimum absolute atomic E-state index is 0.539. The summed E-state index contributed by atoms with van der Waals surface area (Å²) in [7, 11) is 0. The van der Waals surface area contributed by atoms with Crippen LogP contribution < -0.4 is 5.32 Å². The Morgan fingerprint density at radius 2 is 1.82 bits per heavy atom. The van der Waals surface area contributed by atoms with Crippen molar-refractivity contribution in [1.29, 1.82) is 0 Å². The topological polar surface area (TPSA) is 24.5 Å². The zero-order valence-corrected chi connectivity index (χ0v) is 10.9. The lowest BCUT2D eigenvalue weighted by molar-refractivity contribution is 0.0621. The molecular weight excluding hydrogens is 212 g/mol. The Kier molecular flexibility index (Phi) is 3.99. The van der Waals surface area contributed by atoms with Gasteiger partial charge in [0.05, 0.1) is 6.10 Å². The molecule has 1 unspecified atom stereocenters. The maximum Gasteiger partial charge on any atom is 0.0702 e. The van der Waals surface area contributed by atoms with Crippen molar-refractivity contribution >= 4 is 0 Å². The molecule has 3 nitrogen and oxygen atoms in total. The van der Waals surface area contributed by atoms with E-state index in [1.165, 1.54) is 64.7 Å². The molecule has 0 aromatic heterocycles. The second-order valence-corrected chi connectivity index (χ2v) is 6.01. The van der Waals surface area contributed by atoms with E-state index in [1.807, 2.05) is 0 Å². The van der Waals surface area contributed by atoms with Crippen LogP contribution in [0.5, 0.6) is 0 Å². The Labute approximate surface area is 105 Å². The van der Waals surface area contributed by atoms with Gasteiger partial charge in [-0.2, -0.15) is 0 Å². The minimum atomic E-state index is 0.539. The van der Waals surface area contributed by atoms with Gasteiger partial charge >= 0.3 is 0 Å². The van der Waals surface area contributed by atoms with Crippen LogP contribution >= 0.6 is 0 Å². The maximum absolute atomic E-state index is 5.80. The van der Waals surface area contributed by atoms with Crippen LogP contribution in [-0.4, -0.2) is 49.8 Å². The Bertz CT molecular complexity index is 230. The Hall–Kier alpha value is -0.120. The molecule has 17 heavy (non-hydrogen) atoms. The zero-order chi connectivity index (χ0) is 11.5. The number of nitrogens with zero attached hydrogens (tertiary/aromatic N) is 1. The highest BCUT2D eigenvalue weighted by atomic mass is 16.5. The fourth-order valence-corrected chi connectivity index (χ4v) is 3.26. The lowest BCUT2D eigenvalue weighted by atomic mass is 9.97. The summed E-state index contributed by atoms with van der Waals surface area (Å²) in [6.45, 7) is 5.98. The molecule has 1 N–H and O–H groups in total. The van der Waals surface area contributed by atoms with E-state index in [-0.39, 0.29) is 0 Å². The molecule has 1 saturated carbocycles. The van der Waals surface area contributed by atoms with Gasteiger partial charge in [-0.15, -0.1) is 0 Å². The smallest absolute Gasteiger partial charge is 0.0702 e. The predicted molar refractivity (Wildman–Crippen MR) is 69.2 cm³/mol. The summed E-state index contributed by atoms with van der Waals surface area (Å²) in [6.07, 6.45) is 8.70. The molecule has 0 aromatic carbocycles. The minimum Gasteiger partial charge on any atom is -0.377 e. The van der Waals surface area contributed by atoms with Gasteiger partial charge < -0.3 is 10.1 Å². The molecule has 3 fully saturated rings. The van der Waals surface area contributed by atoms with Crippen LogP contribution in [0.2, 0.25) is 0 Å². The highest BCUT2D eigenvalue weighted by Crippen LogP contribution is 2.30. The van der Waals surface area contributed by atoms with Gasteiger partial charge in [-0.05, 0) is 57.5 Å². The molecule has 2 aliphatic heterocycles. The maximum atomic E-state index is 5.80. The first-order chi connectivity index (χ1) is 8.42. The van der Waals surface area contributed by atoms with Crippen molar-refractivity contribution in [3.05, 3.63) is 0 Å². The van der Waals surface area contributed by atoms with Crippen LogP contribution in [-0.2, 0) is 4.74 Å². The van der Waals surface area contributed by atoms with E-state index >= 15 is 0 Å². The van der Waals surface area contributed by atoms with E-state index in [1.54, 1.807) is 0 Å². The number of rotatable bonds is 5. The van der Waals surface area contributed by atoms with E-state index in [9.17, 15) is 0 Å². The number of nitrogens with one attached hydrogen (secondary N) is 1. The third-order valence-electron chi connectivity index (χ3n) is 4.48. The third-order valence-corrected chi connectivity index (χ3v) is 4.48. The van der Waals surface area contributed by atoms with Crippen LogP contribution in [0.3, 0.4) is 0 Å². The fourth-order valence-electron chi connectivity index (χ4n) is 3.26. The Balaban J connectivity index is 1.48. The van der Waals surface area contributed by atoms with Crippen molar-refractivity contribution in [3.8, 4) is 0 Å². The summed E-state index contributed by atoms with van der Waals surface area (Å²) in [5.74, 6) is 0.929. The van der Waals surface area contributed by atoms with Gasteiger partial charge in [-0.25, -0.2) is 0 Å². The summed E-state index contributed by atoms with van der Waals surface area (Å²) >= 11 is 0. The summed E-state index contributed by atoms with van der Waals surface area (Å²) < 4.78 is 5.80. The molecule has 0 spiro atoms. The molecule has 3 rings (SSSR count). The molecule has 3 aliphatic rings. The average molecular weight is 238 g/mol. The molecule has 0 bridgehead atoms. The second kappa shape index (κ2) is 5.68. The average Bonchev–Trinajstić information content (AvgIpc) is 3.09. The quantitative estimate of drug-likeness (QED) is 0.788. The first-order valence-corrected chi connectivity index (χ1v) is 7.48. The van der Waals surface area contributed by atoms with E-state index < -0.39 is 0 Å². The first kappa shape index (κ1) is 11.9. The van der Waals surface area contributed by atoms with E-state index in [0.717, 1.165) is 18.6 Å². The summed E-state index contributed by atoms with van der Waals surface area (Å²) in [5, 5.41) is 3.46. The van der Waals surface area contributed by atoms with Gasteiger partial charge in [0.25, 0.3) is 0 Å². The van der Waals surface area contributed by atoms with Crippen molar-refractivity contribution < 1.29 is 4.74 Å². The highest BCUT2D eigenvalue weighted by Gasteiger charge is 2.33. The van der Waals surface area contributed by atoms with Crippen molar-refractivity contribution in [2.24, 2.45) is 5.92 Å². The van der Waals surface area contributed by atoms with Gasteiger partial charge in [0.2, 0.25) is 0 Å². The molecule has 2 heterocycles. The van der Waals surface area contributed by atoms with Crippen LogP contribution in [0, 0.1) is 5.92 Å². The highest BCUT2D eigenvalue weighted by molar-refractivity contribution is 4.88. The van der Waals surface area contributed by atoms with Crippen LogP contribution in [0.25, 0.3) is 0 Å². The largest absolute Gasteiger partial charge is 0.377 e. The molecule has 2 saturated heterocycles. The number of piperidine rings is 1. The molecule has 98 valence electrons. The zero-order valence-electron chi connectivity index (χ0n) is 10.9. The Morgan fingerprint density at radius 1 is 1.00 bits per heavy atom. The second-order valence-electron chi connectivity index (χ2n) is 6.01. The van der Waals surface area contributed by atoms with Crippen LogP contribution in [0.15, 0.2) is 0 Å². The standard InChI is InChI=1S/C14H26N2O/c1-2-14(17-9-1)11-16(13-3-4-13)10-12-5-7-15-8-6-12/h12-15H,1-11H2. The van der Waals surface area contributed by atoms with Gasteiger partial charge in [-0.3, -0.25) is 4.90 Å². The van der Waals surface area contributed by atoms with Gasteiger partial charge in [0, 0.05) is 25.7 Å². The monoisotopic (exact) mass is 238 g/mol. The van der Waals surface area contributed by atoms with Gasteiger partial charge in [-0.1, -0.05) is 0 Å². The van der Waals surface area contributed by atoms with Crippen molar-refractivity contribution in [1.82, 2.24) is 10.2 Å². The van der Waals surface area contributed by atoms with Crippen molar-refractivity contribution in [2.45, 2.75) is 50.7 Å². The van der Waals surface area contributed by atoms with E-state index in [0.29, 0.717) is 6.10 Å². The molecule has 1 aliphatic carbocycles. The van der Waals surface area contributed by atoms with Gasteiger partial charge in [0.15, 0.2) is 0 Å². The predicted octanol–water partition coefficient (Wildman–Crippen LogP) is 1.63. The number of hydrogen-bond acceptors (Lipinski definition) is 3. The first-order valence-electron chi connectivity index (χ1n) is 7.48. The molecule has 3 heteroatoms. The number of hydrogen-bond donors (Lipinski definition) is 1. The molecular formula is C14H26N2O. The lowest BCUT2D eigenvalue weighted by Gasteiger charge is -2.31. The number of ether oxygens (including phenoxy) is 1. The molecule has 0 amide bonds. The summed E-state index contributed by atoms with van der Waals surface area (Å²) in [6, 6.07) is 0.897. The lowest BCUT2D eigenvalue weighted by Crippen LogP contribution is -2.40. The van der Waals surface area contributed by atoms with Gasteiger partial charge in [0.1, 0.15) is 0 Å². The van der Waals surface area contributed by atoms with Crippen molar-refractivity contribution in [2.75, 3.05) is 32.8 Å². The van der Waals surface area contributed by atoms with Crippen LogP contribution in [0.1, 0.15) is 38.5 Å². The Morgan fingerprint density at radius 3 is 2.47 bits per heavy atom. The fraction of sp³-hybridized carbons (Fsp3) is 1.00. The normalized spacial score (nSPS) is 31.2. The van der Waals surface area contributed by atoms with E-state index in [2.05, 4.69) is 10.2 Å². The third kappa shape index (κ3) is 3.43. The summed E-state index contributed by atoms with van der Waals surface area (Å²) in [4.78, 5) is 2.74. The SMILES string of the molecule is C1COC(CN(CC2CCNCC2)C2CC2)C1. The molecule has 0 radical (unpaired) electrons. The molecule has 1 atom stereocenters.